The molecule has 7 aromatic carbocycles. The summed E-state index contributed by atoms with van der Waals surface area (Å²) in [5, 5.41) is 26.9. The van der Waals surface area contributed by atoms with E-state index in [9.17, 15) is 23.7 Å². The number of hydrogen-bond donors (Lipinski definition) is 0. The first-order valence-electron chi connectivity index (χ1n) is 13.4. The zero-order chi connectivity index (χ0) is 29.9. The number of fused-ring (bicyclic) bond motifs is 6. The van der Waals surface area contributed by atoms with Crippen molar-refractivity contribution < 1.29 is 13.2 Å². The summed E-state index contributed by atoms with van der Waals surface area (Å²) in [6.07, 6.45) is -0.537. The molecule has 0 saturated heterocycles. The van der Waals surface area contributed by atoms with Crippen LogP contribution in [0.4, 0.5) is 13.2 Å². The van der Waals surface area contributed by atoms with E-state index in [-0.39, 0.29) is 0 Å². The van der Waals surface area contributed by atoms with E-state index < -0.39 is 11.7 Å². The van der Waals surface area contributed by atoms with Crippen LogP contribution in [0.15, 0.2) is 107 Å². The summed E-state index contributed by atoms with van der Waals surface area (Å²) in [7, 11) is 0. The maximum Gasteiger partial charge on any atom is 0.416 e. The highest BCUT2D eigenvalue weighted by Gasteiger charge is 2.30. The van der Waals surface area contributed by atoms with E-state index in [0.29, 0.717) is 27.2 Å². The molecular formula is C36H19F3N4. The summed E-state index contributed by atoms with van der Waals surface area (Å²) in [5.74, 6) is 0. The van der Waals surface area contributed by atoms with Crippen molar-refractivity contribution in [3.63, 3.8) is 0 Å². The number of nitriles is 2. The molecule has 0 aliphatic carbocycles. The Balaban J connectivity index is 1.48. The molecule has 204 valence electrons. The average molecular weight is 565 g/mol. The van der Waals surface area contributed by atoms with Gasteiger partial charge in [0.2, 0.25) is 12.4 Å². The first-order chi connectivity index (χ1) is 20.8. The summed E-state index contributed by atoms with van der Waals surface area (Å²) in [5.41, 5.74) is 3.85. The summed E-state index contributed by atoms with van der Waals surface area (Å²) in [4.78, 5) is 8.41. The van der Waals surface area contributed by atoms with Crippen LogP contribution in [0.2, 0.25) is 0 Å². The van der Waals surface area contributed by atoms with Crippen LogP contribution in [0, 0.1) is 29.8 Å². The molecule has 0 bridgehead atoms. The van der Waals surface area contributed by atoms with Gasteiger partial charge in [-0.3, -0.25) is 0 Å². The monoisotopic (exact) mass is 564 g/mol. The van der Waals surface area contributed by atoms with E-state index in [2.05, 4.69) is 40.3 Å². The predicted octanol–water partition coefficient (Wildman–Crippen LogP) is 8.60. The Kier molecular flexibility index (Phi) is 5.86. The van der Waals surface area contributed by atoms with Gasteiger partial charge in [0.1, 0.15) is 0 Å². The molecule has 0 fully saturated rings. The molecule has 0 atom stereocenters. The van der Waals surface area contributed by atoms with Gasteiger partial charge in [-0.15, -0.1) is 0 Å². The number of rotatable bonds is 2. The van der Waals surface area contributed by atoms with E-state index >= 15 is 0 Å². The maximum atomic E-state index is 13.1. The van der Waals surface area contributed by atoms with Crippen molar-refractivity contribution in [1.29, 1.82) is 10.5 Å². The molecule has 0 unspecified atom stereocenters. The Bertz CT molecular complexity index is 2450. The van der Waals surface area contributed by atoms with E-state index in [1.54, 1.807) is 0 Å². The normalized spacial score (nSPS) is 12.9. The van der Waals surface area contributed by atoms with Gasteiger partial charge in [0.15, 0.2) is 0 Å². The first kappa shape index (κ1) is 26.1. The van der Waals surface area contributed by atoms with Crippen molar-refractivity contribution in [2.24, 2.45) is 9.98 Å². The third-order valence-corrected chi connectivity index (χ3v) is 8.05. The molecular weight excluding hydrogens is 545 g/mol. The zero-order valence-corrected chi connectivity index (χ0v) is 22.7. The van der Waals surface area contributed by atoms with Gasteiger partial charge in [-0.25, -0.2) is 0 Å². The Hall–Kier alpha value is -5.79. The van der Waals surface area contributed by atoms with Crippen molar-refractivity contribution in [2.45, 2.75) is 13.1 Å². The molecule has 4 nitrogen and oxygen atoms in total. The number of alkyl halides is 3. The molecule has 0 aliphatic rings. The van der Waals surface area contributed by atoms with Gasteiger partial charge < -0.3 is 0 Å². The molecule has 0 amide bonds. The molecule has 0 aliphatic heterocycles. The molecule has 0 heterocycles. The van der Waals surface area contributed by atoms with Crippen LogP contribution in [0.25, 0.3) is 65.3 Å². The third-order valence-electron chi connectivity index (χ3n) is 8.05. The van der Waals surface area contributed by atoms with Gasteiger partial charge in [0.05, 0.1) is 16.3 Å². The van der Waals surface area contributed by atoms with E-state index in [1.165, 1.54) is 17.7 Å². The highest BCUT2D eigenvalue weighted by molar-refractivity contribution is 6.21. The Morgan fingerprint density at radius 1 is 0.488 bits per heavy atom. The van der Waals surface area contributed by atoms with Gasteiger partial charge in [0, 0.05) is 21.5 Å². The van der Waals surface area contributed by atoms with Gasteiger partial charge in [0.25, 0.3) is 0 Å². The van der Waals surface area contributed by atoms with Crippen molar-refractivity contribution in [3.8, 4) is 34.6 Å². The van der Waals surface area contributed by atoms with Crippen LogP contribution in [0.1, 0.15) is 11.1 Å². The predicted molar refractivity (Wildman–Crippen MR) is 162 cm³/mol. The van der Waals surface area contributed by atoms with Gasteiger partial charge >= 0.3 is 6.18 Å². The van der Waals surface area contributed by atoms with Crippen LogP contribution in [0.3, 0.4) is 0 Å². The smallest absolute Gasteiger partial charge is 0.172 e. The second-order valence-corrected chi connectivity index (χ2v) is 10.5. The van der Waals surface area contributed by atoms with Gasteiger partial charge in [-0.1, -0.05) is 66.2 Å². The number of hydrogen-bond acceptors (Lipinski definition) is 4. The summed E-state index contributed by atoms with van der Waals surface area (Å²) in [6.45, 7) is 2.04. The maximum absolute atomic E-state index is 13.1. The molecule has 7 rings (SSSR count). The van der Waals surface area contributed by atoms with Gasteiger partial charge in [-0.2, -0.15) is 33.7 Å². The number of aryl methyl sites for hydroxylation is 1. The van der Waals surface area contributed by atoms with Crippen LogP contribution in [-0.2, 0) is 6.18 Å². The lowest BCUT2D eigenvalue weighted by molar-refractivity contribution is -0.137. The summed E-state index contributed by atoms with van der Waals surface area (Å²) < 4.78 is 39.3. The van der Waals surface area contributed by atoms with Crippen LogP contribution >= 0.6 is 0 Å². The SMILES string of the molecule is Cc1ccc(-c2ccc3c(c2)c(=NC#N)c2cc4c(cc23)c(=NC#N)c2cc(-c3ccc(C(F)(F)F)cc3)ccc24)cc1. The molecule has 0 spiro atoms. The minimum atomic E-state index is -4.42. The molecule has 7 heteroatoms. The fraction of sp³-hybridized carbons (Fsp3) is 0.0556. The Morgan fingerprint density at radius 3 is 1.30 bits per heavy atom. The lowest BCUT2D eigenvalue weighted by Gasteiger charge is -2.08. The lowest BCUT2D eigenvalue weighted by Crippen LogP contribution is -2.04. The average Bonchev–Trinajstić information content (AvgIpc) is 3.47. The second-order valence-electron chi connectivity index (χ2n) is 10.5. The van der Waals surface area contributed by atoms with E-state index in [4.69, 9.17) is 0 Å². The fourth-order valence-electron chi connectivity index (χ4n) is 5.98. The second kappa shape index (κ2) is 9.65. The summed E-state index contributed by atoms with van der Waals surface area (Å²) in [6, 6.07) is 28.9. The van der Waals surface area contributed by atoms with Crippen molar-refractivity contribution in [3.05, 3.63) is 119 Å². The highest BCUT2D eigenvalue weighted by Crippen LogP contribution is 2.36. The number of halogens is 3. The van der Waals surface area contributed by atoms with E-state index in [0.717, 1.165) is 61.0 Å². The summed E-state index contributed by atoms with van der Waals surface area (Å²) >= 11 is 0. The van der Waals surface area contributed by atoms with Crippen LogP contribution < -0.4 is 10.7 Å². The Morgan fingerprint density at radius 2 is 0.884 bits per heavy atom. The van der Waals surface area contributed by atoms with Crippen LogP contribution in [0.5, 0.6) is 0 Å². The molecule has 7 aromatic rings. The van der Waals surface area contributed by atoms with Crippen molar-refractivity contribution >= 4 is 43.1 Å². The van der Waals surface area contributed by atoms with Gasteiger partial charge in [-0.05, 0) is 87.1 Å². The molecule has 0 aromatic heterocycles. The number of benzene rings is 5. The molecule has 0 N–H and O–H groups in total. The topological polar surface area (TPSA) is 72.3 Å². The van der Waals surface area contributed by atoms with Crippen molar-refractivity contribution in [1.82, 2.24) is 0 Å². The largest absolute Gasteiger partial charge is 0.416 e. The first-order valence-corrected chi connectivity index (χ1v) is 13.4. The number of nitrogens with zero attached hydrogens (tertiary/aromatic N) is 4. The zero-order valence-electron chi connectivity index (χ0n) is 22.7. The highest BCUT2D eigenvalue weighted by atomic mass is 19.4. The minimum absolute atomic E-state index is 0.493. The fourth-order valence-corrected chi connectivity index (χ4v) is 5.98. The molecule has 0 radical (unpaired) electrons. The molecule has 43 heavy (non-hydrogen) atoms. The van der Waals surface area contributed by atoms with Crippen LogP contribution in [-0.4, -0.2) is 0 Å². The van der Waals surface area contributed by atoms with Crippen molar-refractivity contribution in [2.75, 3.05) is 0 Å². The molecule has 0 saturated carbocycles. The van der Waals surface area contributed by atoms with E-state index in [1.807, 2.05) is 61.8 Å². The quantitative estimate of drug-likeness (QED) is 0.197. The Labute approximate surface area is 243 Å². The standard InChI is InChI=1S/C36H19F3N4/c1-20-2-4-21(5-3-20)23-8-12-26-28-16-33-29(17-32(28)34(42-18-40)30(26)14-23)27-13-9-24(15-31(27)35(33)43-19-41)22-6-10-25(11-7-22)36(37,38)39/h2-17H,1H3. The lowest BCUT2D eigenvalue weighted by atomic mass is 10.0. The minimum Gasteiger partial charge on any atom is -0.172 e. The third kappa shape index (κ3) is 4.22.